The number of rotatable bonds is 2. The third kappa shape index (κ3) is 3.29. The first-order valence-corrected chi connectivity index (χ1v) is 9.30. The molecular formula is C24H26P-. The van der Waals surface area contributed by atoms with E-state index in [0.29, 0.717) is 0 Å². The molecule has 0 radical (unpaired) electrons. The fourth-order valence-electron chi connectivity index (χ4n) is 4.18. The summed E-state index contributed by atoms with van der Waals surface area (Å²) in [6, 6.07) is 15.7. The summed E-state index contributed by atoms with van der Waals surface area (Å²) in [5.74, 6) is 0. The smallest absolute Gasteiger partial charge is 0.0148 e. The monoisotopic (exact) mass is 345 g/mol. The van der Waals surface area contributed by atoms with Crippen LogP contribution in [-0.4, -0.2) is 0 Å². The van der Waals surface area contributed by atoms with Gasteiger partial charge in [0.15, 0.2) is 0 Å². The molecule has 0 heterocycles. The molecule has 0 saturated heterocycles. The molecular weight excluding hydrogens is 319 g/mol. The third-order valence-corrected chi connectivity index (χ3v) is 5.50. The molecule has 128 valence electrons. The van der Waals surface area contributed by atoms with Gasteiger partial charge in [-0.05, 0) is 86.1 Å². The molecule has 0 saturated carbocycles. The van der Waals surface area contributed by atoms with Crippen LogP contribution in [0.2, 0.25) is 0 Å². The van der Waals surface area contributed by atoms with Crippen LogP contribution in [0.15, 0.2) is 42.5 Å². The van der Waals surface area contributed by atoms with Gasteiger partial charge in [-0.15, -0.1) is 0 Å². The van der Waals surface area contributed by atoms with Crippen molar-refractivity contribution in [1.29, 1.82) is 0 Å². The highest BCUT2D eigenvalue weighted by Crippen LogP contribution is 2.34. The van der Waals surface area contributed by atoms with E-state index in [1.807, 2.05) is 0 Å². The molecule has 0 N–H and O–H groups in total. The summed E-state index contributed by atoms with van der Waals surface area (Å²) in [5, 5.41) is 1.17. The topological polar surface area (TPSA) is 0 Å². The van der Waals surface area contributed by atoms with Crippen molar-refractivity contribution in [1.82, 2.24) is 0 Å². The fraction of sp³-hybridized carbons (Fsp3) is 0.250. The lowest BCUT2D eigenvalue weighted by Gasteiger charge is -2.24. The van der Waals surface area contributed by atoms with Gasteiger partial charge in [-0.2, -0.15) is 5.30 Å². The first kappa shape index (κ1) is 17.9. The number of hydrogen-bond acceptors (Lipinski definition) is 0. The normalized spacial score (nSPS) is 11.0. The van der Waals surface area contributed by atoms with E-state index in [1.165, 1.54) is 60.9 Å². The largest absolute Gasteiger partial charge is 0.523 e. The lowest BCUT2D eigenvalue weighted by Crippen LogP contribution is -2.06. The second kappa shape index (κ2) is 6.77. The maximum Gasteiger partial charge on any atom is -0.0148 e. The van der Waals surface area contributed by atoms with Crippen LogP contribution < -0.4 is 5.30 Å². The Balaban J connectivity index is 2.28. The number of aryl methyl sites for hydroxylation is 6. The van der Waals surface area contributed by atoms with Gasteiger partial charge in [-0.1, -0.05) is 53.6 Å². The van der Waals surface area contributed by atoms with Crippen LogP contribution in [0.5, 0.6) is 0 Å². The molecule has 0 fully saturated rings. The maximum absolute atomic E-state index is 3.99. The zero-order valence-corrected chi connectivity index (χ0v) is 17.0. The van der Waals surface area contributed by atoms with Crippen molar-refractivity contribution in [2.45, 2.75) is 41.5 Å². The van der Waals surface area contributed by atoms with Crippen molar-refractivity contribution in [3.63, 3.8) is 0 Å². The van der Waals surface area contributed by atoms with Gasteiger partial charge in [0.25, 0.3) is 0 Å². The van der Waals surface area contributed by atoms with Crippen LogP contribution in [-0.2, 0) is 0 Å². The van der Waals surface area contributed by atoms with Crippen molar-refractivity contribution in [3.05, 3.63) is 75.8 Å². The number of benzene rings is 3. The minimum atomic E-state index is 1.17. The predicted molar refractivity (Wildman–Crippen MR) is 114 cm³/mol. The Morgan fingerprint density at radius 1 is 0.560 bits per heavy atom. The zero-order chi connectivity index (χ0) is 18.3. The minimum absolute atomic E-state index is 1.17. The molecule has 0 bridgehead atoms. The SMILES string of the molecule is Cc1cc(C)c(-c2cccc(-c3c(C)cc(C)cc3C)c2[PH-])c(C)c1. The Morgan fingerprint density at radius 2 is 0.880 bits per heavy atom. The molecule has 3 aromatic rings. The van der Waals surface area contributed by atoms with Crippen LogP contribution in [0.25, 0.3) is 22.3 Å². The van der Waals surface area contributed by atoms with Crippen LogP contribution >= 0.6 is 9.24 Å². The Morgan fingerprint density at radius 3 is 1.20 bits per heavy atom. The molecule has 25 heavy (non-hydrogen) atoms. The standard InChI is InChI=1S/C24H26P/c1-14-10-16(3)22(17(4)11-14)20-8-7-9-21(24(20)25)23-18(5)12-15(2)13-19(23)6/h7-13,25H,1-6H3/q-1. The quantitative estimate of drug-likeness (QED) is 0.457. The van der Waals surface area contributed by atoms with Crippen LogP contribution in [0.3, 0.4) is 0 Å². The van der Waals surface area contributed by atoms with Crippen molar-refractivity contribution in [3.8, 4) is 22.3 Å². The molecule has 0 unspecified atom stereocenters. The lowest BCUT2D eigenvalue weighted by molar-refractivity contribution is 1.32. The second-order valence-electron chi connectivity index (χ2n) is 7.28. The van der Waals surface area contributed by atoms with Crippen LogP contribution in [0, 0.1) is 41.5 Å². The van der Waals surface area contributed by atoms with Gasteiger partial charge >= 0.3 is 0 Å². The molecule has 0 aliphatic rings. The molecule has 0 nitrogen and oxygen atoms in total. The summed E-state index contributed by atoms with van der Waals surface area (Å²) >= 11 is 0. The summed E-state index contributed by atoms with van der Waals surface area (Å²) in [6.07, 6.45) is 0. The average Bonchev–Trinajstić information content (AvgIpc) is 2.48. The summed E-state index contributed by atoms with van der Waals surface area (Å²) in [4.78, 5) is 0. The van der Waals surface area contributed by atoms with E-state index in [4.69, 9.17) is 0 Å². The summed E-state index contributed by atoms with van der Waals surface area (Å²) in [5.41, 5.74) is 13.1. The Kier molecular flexibility index (Phi) is 4.85. The van der Waals surface area contributed by atoms with E-state index in [9.17, 15) is 0 Å². The average molecular weight is 345 g/mol. The Bertz CT molecular complexity index is 842. The maximum atomic E-state index is 3.99. The first-order chi connectivity index (χ1) is 11.8. The van der Waals surface area contributed by atoms with E-state index in [0.717, 1.165) is 0 Å². The molecule has 3 aromatic carbocycles. The second-order valence-corrected chi connectivity index (χ2v) is 7.78. The van der Waals surface area contributed by atoms with Crippen molar-refractivity contribution in [2.24, 2.45) is 0 Å². The van der Waals surface area contributed by atoms with Crippen LogP contribution in [0.4, 0.5) is 0 Å². The summed E-state index contributed by atoms with van der Waals surface area (Å²) in [7, 11) is 3.99. The highest BCUT2D eigenvalue weighted by molar-refractivity contribution is 7.28. The molecule has 0 aliphatic carbocycles. The van der Waals surface area contributed by atoms with Crippen molar-refractivity contribution >= 4 is 14.5 Å². The lowest BCUT2D eigenvalue weighted by atomic mass is 9.89. The van der Waals surface area contributed by atoms with Gasteiger partial charge < -0.3 is 9.24 Å². The van der Waals surface area contributed by atoms with E-state index >= 15 is 0 Å². The summed E-state index contributed by atoms with van der Waals surface area (Å²) in [6.45, 7) is 13.1. The number of hydrogen-bond donors (Lipinski definition) is 0. The zero-order valence-electron chi connectivity index (χ0n) is 16.0. The third-order valence-electron chi connectivity index (χ3n) is 4.96. The van der Waals surface area contributed by atoms with Crippen LogP contribution in [0.1, 0.15) is 33.4 Å². The molecule has 0 aliphatic heterocycles. The Labute approximate surface area is 154 Å². The molecule has 0 spiro atoms. The van der Waals surface area contributed by atoms with E-state index < -0.39 is 0 Å². The van der Waals surface area contributed by atoms with Gasteiger partial charge in [-0.25, -0.2) is 0 Å². The van der Waals surface area contributed by atoms with E-state index in [1.54, 1.807) is 0 Å². The van der Waals surface area contributed by atoms with Gasteiger partial charge in [0.05, 0.1) is 0 Å². The molecule has 3 rings (SSSR count). The Hall–Kier alpha value is -1.91. The van der Waals surface area contributed by atoms with Gasteiger partial charge in [-0.3, -0.25) is 0 Å². The molecule has 1 heteroatoms. The van der Waals surface area contributed by atoms with Gasteiger partial charge in [0.2, 0.25) is 0 Å². The van der Waals surface area contributed by atoms with Gasteiger partial charge in [0, 0.05) is 0 Å². The highest BCUT2D eigenvalue weighted by atomic mass is 31.0. The first-order valence-electron chi connectivity index (χ1n) is 8.80. The minimum Gasteiger partial charge on any atom is -0.523 e. The highest BCUT2D eigenvalue weighted by Gasteiger charge is 2.12. The van der Waals surface area contributed by atoms with Crippen molar-refractivity contribution in [2.75, 3.05) is 0 Å². The van der Waals surface area contributed by atoms with E-state index in [2.05, 4.69) is 93.2 Å². The predicted octanol–water partition coefficient (Wildman–Crippen LogP) is 6.64. The van der Waals surface area contributed by atoms with Gasteiger partial charge in [0.1, 0.15) is 0 Å². The molecule has 0 amide bonds. The van der Waals surface area contributed by atoms with E-state index in [-0.39, 0.29) is 0 Å². The van der Waals surface area contributed by atoms with Crippen molar-refractivity contribution < 1.29 is 0 Å². The summed E-state index contributed by atoms with van der Waals surface area (Å²) < 4.78 is 0. The fourth-order valence-corrected chi connectivity index (χ4v) is 4.60. The molecule has 0 atom stereocenters. The molecule has 0 aromatic heterocycles.